The Morgan fingerprint density at radius 2 is 1.55 bits per heavy atom. The van der Waals surface area contributed by atoms with Crippen LogP contribution in [0.5, 0.6) is 0 Å². The van der Waals surface area contributed by atoms with Crippen LogP contribution in [-0.4, -0.2) is 37.2 Å². The Bertz CT molecular complexity index is 313. The standard InChI is InChI=1S/C14H24O6/c1-4-7-8-9-12(15)20-11(14(17)19-6-3)10-13(16)18-5-2/h11H,4-10H2,1-3H3/t11-/m0/s1. The minimum Gasteiger partial charge on any atom is -0.466 e. The van der Waals surface area contributed by atoms with Crippen LogP contribution in [0.4, 0.5) is 0 Å². The highest BCUT2D eigenvalue weighted by Gasteiger charge is 2.27. The zero-order valence-corrected chi connectivity index (χ0v) is 12.5. The maximum Gasteiger partial charge on any atom is 0.348 e. The predicted octanol–water partition coefficient (Wildman–Crippen LogP) is 1.99. The summed E-state index contributed by atoms with van der Waals surface area (Å²) < 4.78 is 14.5. The quantitative estimate of drug-likeness (QED) is 0.347. The molecule has 0 heterocycles. The molecule has 0 rings (SSSR count). The first-order chi connectivity index (χ1) is 9.54. The molecule has 0 unspecified atom stereocenters. The van der Waals surface area contributed by atoms with Crippen molar-refractivity contribution in [1.82, 2.24) is 0 Å². The molecule has 0 fully saturated rings. The van der Waals surface area contributed by atoms with Gasteiger partial charge in [0.15, 0.2) is 0 Å². The lowest BCUT2D eigenvalue weighted by Gasteiger charge is -2.15. The summed E-state index contributed by atoms with van der Waals surface area (Å²) in [7, 11) is 0. The van der Waals surface area contributed by atoms with E-state index in [-0.39, 0.29) is 26.1 Å². The van der Waals surface area contributed by atoms with Crippen LogP contribution in [0, 0.1) is 0 Å². The monoisotopic (exact) mass is 288 g/mol. The number of hydrogen-bond donors (Lipinski definition) is 0. The number of ether oxygens (including phenoxy) is 3. The van der Waals surface area contributed by atoms with Gasteiger partial charge in [0, 0.05) is 6.42 Å². The predicted molar refractivity (Wildman–Crippen MR) is 71.9 cm³/mol. The average molecular weight is 288 g/mol. The van der Waals surface area contributed by atoms with Crippen molar-refractivity contribution in [3.05, 3.63) is 0 Å². The van der Waals surface area contributed by atoms with Crippen molar-refractivity contribution in [3.8, 4) is 0 Å². The summed E-state index contributed by atoms with van der Waals surface area (Å²) in [4.78, 5) is 34.6. The van der Waals surface area contributed by atoms with Crippen LogP contribution in [0.1, 0.15) is 52.9 Å². The van der Waals surface area contributed by atoms with Crippen molar-refractivity contribution in [2.75, 3.05) is 13.2 Å². The lowest BCUT2D eigenvalue weighted by atomic mass is 10.2. The van der Waals surface area contributed by atoms with E-state index in [4.69, 9.17) is 14.2 Å². The van der Waals surface area contributed by atoms with Crippen molar-refractivity contribution in [2.45, 2.75) is 59.0 Å². The molecule has 0 spiro atoms. The SMILES string of the molecule is CCCCCC(=O)O[C@@H](CC(=O)OCC)C(=O)OCC. The number of unbranched alkanes of at least 4 members (excludes halogenated alkanes) is 2. The van der Waals surface area contributed by atoms with Gasteiger partial charge in [0.2, 0.25) is 6.10 Å². The molecular weight excluding hydrogens is 264 g/mol. The van der Waals surface area contributed by atoms with E-state index in [9.17, 15) is 14.4 Å². The lowest BCUT2D eigenvalue weighted by molar-refractivity contribution is -0.171. The smallest absolute Gasteiger partial charge is 0.348 e. The van der Waals surface area contributed by atoms with Crippen LogP contribution < -0.4 is 0 Å². The second-order valence-corrected chi connectivity index (χ2v) is 4.20. The van der Waals surface area contributed by atoms with E-state index in [0.29, 0.717) is 6.42 Å². The summed E-state index contributed by atoms with van der Waals surface area (Å²) in [5.74, 6) is -1.81. The fraction of sp³-hybridized carbons (Fsp3) is 0.786. The van der Waals surface area contributed by atoms with Crippen molar-refractivity contribution >= 4 is 17.9 Å². The Labute approximate surface area is 119 Å². The highest BCUT2D eigenvalue weighted by atomic mass is 16.6. The maximum atomic E-state index is 11.6. The average Bonchev–Trinajstić information content (AvgIpc) is 2.39. The zero-order chi connectivity index (χ0) is 15.4. The summed E-state index contributed by atoms with van der Waals surface area (Å²) in [5, 5.41) is 0. The lowest BCUT2D eigenvalue weighted by Crippen LogP contribution is -2.32. The van der Waals surface area contributed by atoms with Gasteiger partial charge in [0.05, 0.1) is 19.6 Å². The molecule has 0 aromatic carbocycles. The molecule has 0 bridgehead atoms. The summed E-state index contributed by atoms with van der Waals surface area (Å²) in [5.41, 5.74) is 0. The maximum absolute atomic E-state index is 11.6. The van der Waals surface area contributed by atoms with Crippen LogP contribution in [0.3, 0.4) is 0 Å². The Morgan fingerprint density at radius 3 is 2.10 bits per heavy atom. The number of esters is 3. The minimum absolute atomic E-state index is 0.158. The molecule has 0 N–H and O–H groups in total. The van der Waals surface area contributed by atoms with E-state index in [1.807, 2.05) is 6.92 Å². The fourth-order valence-corrected chi connectivity index (χ4v) is 1.52. The van der Waals surface area contributed by atoms with Crippen LogP contribution in [-0.2, 0) is 28.6 Å². The molecule has 0 aliphatic rings. The fourth-order valence-electron chi connectivity index (χ4n) is 1.52. The molecule has 0 saturated heterocycles. The largest absolute Gasteiger partial charge is 0.466 e. The first-order valence-electron chi connectivity index (χ1n) is 7.06. The van der Waals surface area contributed by atoms with E-state index in [2.05, 4.69) is 0 Å². The Morgan fingerprint density at radius 1 is 0.900 bits per heavy atom. The normalized spacial score (nSPS) is 11.6. The Hall–Kier alpha value is -1.59. The van der Waals surface area contributed by atoms with Crippen LogP contribution in [0.2, 0.25) is 0 Å². The molecule has 116 valence electrons. The van der Waals surface area contributed by atoms with Crippen molar-refractivity contribution in [3.63, 3.8) is 0 Å². The second-order valence-electron chi connectivity index (χ2n) is 4.20. The molecule has 0 aromatic heterocycles. The summed E-state index contributed by atoms with van der Waals surface area (Å²) >= 11 is 0. The molecule has 6 heteroatoms. The highest BCUT2D eigenvalue weighted by Crippen LogP contribution is 2.08. The van der Waals surface area contributed by atoms with Gasteiger partial charge >= 0.3 is 17.9 Å². The van der Waals surface area contributed by atoms with Gasteiger partial charge in [-0.25, -0.2) is 4.79 Å². The Balaban J connectivity index is 4.40. The number of carbonyl (C=O) groups is 3. The molecule has 0 aromatic rings. The molecule has 1 atom stereocenters. The summed E-state index contributed by atoms with van der Waals surface area (Å²) in [6.45, 7) is 5.69. The third-order valence-corrected chi connectivity index (χ3v) is 2.47. The van der Waals surface area contributed by atoms with Gasteiger partial charge in [0.1, 0.15) is 0 Å². The number of rotatable bonds is 10. The van der Waals surface area contributed by atoms with Crippen molar-refractivity contribution < 1.29 is 28.6 Å². The zero-order valence-electron chi connectivity index (χ0n) is 12.5. The molecule has 0 saturated carbocycles. The van der Waals surface area contributed by atoms with Gasteiger partial charge in [-0.05, 0) is 20.3 Å². The van der Waals surface area contributed by atoms with Gasteiger partial charge in [-0.15, -0.1) is 0 Å². The first-order valence-corrected chi connectivity index (χ1v) is 7.06. The molecule has 6 nitrogen and oxygen atoms in total. The van der Waals surface area contributed by atoms with E-state index in [0.717, 1.165) is 12.8 Å². The van der Waals surface area contributed by atoms with Crippen LogP contribution >= 0.6 is 0 Å². The minimum atomic E-state index is -1.22. The van der Waals surface area contributed by atoms with Gasteiger partial charge in [0.25, 0.3) is 0 Å². The second kappa shape index (κ2) is 11.3. The van der Waals surface area contributed by atoms with E-state index >= 15 is 0 Å². The number of hydrogen-bond acceptors (Lipinski definition) is 6. The van der Waals surface area contributed by atoms with Crippen LogP contribution in [0.25, 0.3) is 0 Å². The van der Waals surface area contributed by atoms with Gasteiger partial charge in [-0.1, -0.05) is 19.8 Å². The molecule has 0 radical (unpaired) electrons. The third-order valence-electron chi connectivity index (χ3n) is 2.47. The topological polar surface area (TPSA) is 78.9 Å². The van der Waals surface area contributed by atoms with E-state index < -0.39 is 24.0 Å². The molecule has 0 amide bonds. The van der Waals surface area contributed by atoms with Crippen molar-refractivity contribution in [2.24, 2.45) is 0 Å². The van der Waals surface area contributed by atoms with Gasteiger partial charge in [-0.2, -0.15) is 0 Å². The first kappa shape index (κ1) is 18.4. The van der Waals surface area contributed by atoms with Crippen LogP contribution in [0.15, 0.2) is 0 Å². The molecule has 20 heavy (non-hydrogen) atoms. The van der Waals surface area contributed by atoms with E-state index in [1.54, 1.807) is 13.8 Å². The Kier molecular flexibility index (Phi) is 10.4. The highest BCUT2D eigenvalue weighted by molar-refractivity contribution is 5.84. The third kappa shape index (κ3) is 8.50. The van der Waals surface area contributed by atoms with Gasteiger partial charge in [-0.3, -0.25) is 9.59 Å². The number of carbonyl (C=O) groups excluding carboxylic acids is 3. The molecule has 0 aliphatic carbocycles. The molecule has 0 aliphatic heterocycles. The summed E-state index contributed by atoms with van der Waals surface area (Å²) in [6.07, 6.45) is 1.29. The van der Waals surface area contributed by atoms with Crippen molar-refractivity contribution in [1.29, 1.82) is 0 Å². The molecular formula is C14H24O6. The summed E-state index contributed by atoms with van der Waals surface area (Å²) in [6, 6.07) is 0. The van der Waals surface area contributed by atoms with Gasteiger partial charge < -0.3 is 14.2 Å². The van der Waals surface area contributed by atoms with E-state index in [1.165, 1.54) is 0 Å².